The third-order valence-corrected chi connectivity index (χ3v) is 8.86. The average Bonchev–Trinajstić information content (AvgIpc) is 3.55. The van der Waals surface area contributed by atoms with E-state index in [9.17, 15) is 4.79 Å². The summed E-state index contributed by atoms with van der Waals surface area (Å²) in [4.78, 5) is 36.7. The van der Waals surface area contributed by atoms with Crippen molar-refractivity contribution in [2.45, 2.75) is 16.6 Å². The van der Waals surface area contributed by atoms with Gasteiger partial charge in [0.05, 0.1) is 23.8 Å². The number of nitrogens with one attached hydrogen (secondary N) is 1. The molecule has 3 aliphatic heterocycles. The lowest BCUT2D eigenvalue weighted by atomic mass is 10.0. The van der Waals surface area contributed by atoms with E-state index in [1.807, 2.05) is 36.2 Å². The third kappa shape index (κ3) is 4.95. The Labute approximate surface area is 222 Å². The highest BCUT2D eigenvalue weighted by atomic mass is 32.2. The van der Waals surface area contributed by atoms with Gasteiger partial charge in [0.25, 0.3) is 5.91 Å². The Bertz CT molecular complexity index is 1300. The number of aromatic nitrogens is 3. The first-order chi connectivity index (χ1) is 18.0. The number of benzene rings is 1. The maximum absolute atomic E-state index is 12.9. The predicted molar refractivity (Wildman–Crippen MR) is 148 cm³/mol. The van der Waals surface area contributed by atoms with Gasteiger partial charge >= 0.3 is 0 Å². The Morgan fingerprint density at radius 1 is 1.14 bits per heavy atom. The number of hydrogen-bond donors (Lipinski definition) is 1. The van der Waals surface area contributed by atoms with E-state index < -0.39 is 0 Å². The van der Waals surface area contributed by atoms with Gasteiger partial charge < -0.3 is 24.4 Å². The fraction of sp³-hybridized carbons (Fsp3) is 0.519. The van der Waals surface area contributed by atoms with E-state index in [4.69, 9.17) is 14.7 Å². The van der Waals surface area contributed by atoms with Crippen LogP contribution in [0.15, 0.2) is 29.3 Å². The second-order valence-electron chi connectivity index (χ2n) is 10.5. The number of aromatic amines is 1. The monoisotopic (exact) mass is 521 g/mol. The molecule has 2 saturated heterocycles. The Hall–Kier alpha value is -2.66. The van der Waals surface area contributed by atoms with Crippen LogP contribution in [0.25, 0.3) is 22.3 Å². The van der Waals surface area contributed by atoms with Crippen LogP contribution in [-0.2, 0) is 11.2 Å². The Morgan fingerprint density at radius 3 is 2.68 bits per heavy atom. The van der Waals surface area contributed by atoms with Crippen LogP contribution in [0.3, 0.4) is 0 Å². The first kappa shape index (κ1) is 24.7. The molecule has 0 spiro atoms. The van der Waals surface area contributed by atoms with Gasteiger partial charge in [0.2, 0.25) is 0 Å². The van der Waals surface area contributed by atoms with Crippen molar-refractivity contribution < 1.29 is 9.53 Å². The number of piperazine rings is 1. The largest absolute Gasteiger partial charge is 0.378 e. The summed E-state index contributed by atoms with van der Waals surface area (Å²) in [7, 11) is 5.76. The molecular formula is C27H35N7O2S. The van der Waals surface area contributed by atoms with Crippen molar-refractivity contribution in [1.82, 2.24) is 29.7 Å². The van der Waals surface area contributed by atoms with Crippen LogP contribution in [-0.4, -0.2) is 121 Å². The van der Waals surface area contributed by atoms with E-state index in [2.05, 4.69) is 26.7 Å². The highest BCUT2D eigenvalue weighted by Crippen LogP contribution is 2.43. The highest BCUT2D eigenvalue weighted by Gasteiger charge is 2.32. The van der Waals surface area contributed by atoms with E-state index in [1.54, 1.807) is 19.0 Å². The number of carbonyl (C=O) groups excluding carboxylic acids is 1. The minimum atomic E-state index is -0.0323. The molecule has 2 fully saturated rings. The summed E-state index contributed by atoms with van der Waals surface area (Å²) < 4.78 is 5.65. The molecule has 1 N–H and O–H groups in total. The molecule has 1 unspecified atom stereocenters. The van der Waals surface area contributed by atoms with E-state index in [1.165, 1.54) is 4.90 Å². The van der Waals surface area contributed by atoms with Gasteiger partial charge in [0.15, 0.2) is 5.82 Å². The Kier molecular flexibility index (Phi) is 6.83. The zero-order valence-electron chi connectivity index (χ0n) is 21.9. The van der Waals surface area contributed by atoms with Crippen molar-refractivity contribution in [3.8, 4) is 11.4 Å². The van der Waals surface area contributed by atoms with Crippen LogP contribution in [0.2, 0.25) is 0 Å². The predicted octanol–water partition coefficient (Wildman–Crippen LogP) is 2.43. The number of thioether (sulfide) groups is 1. The fourth-order valence-electron chi connectivity index (χ4n) is 5.43. The molecule has 10 heteroatoms. The average molecular weight is 522 g/mol. The molecule has 196 valence electrons. The Balaban J connectivity index is 1.39. The van der Waals surface area contributed by atoms with Crippen molar-refractivity contribution in [3.63, 3.8) is 0 Å². The zero-order chi connectivity index (χ0) is 25.5. The number of amides is 1. The van der Waals surface area contributed by atoms with Crippen molar-refractivity contribution in [2.75, 3.05) is 85.1 Å². The summed E-state index contributed by atoms with van der Waals surface area (Å²) in [5.41, 5.74) is 3.58. The van der Waals surface area contributed by atoms with E-state index in [-0.39, 0.29) is 5.91 Å². The molecule has 0 bridgehead atoms. The second-order valence-corrected chi connectivity index (χ2v) is 11.8. The molecule has 0 radical (unpaired) electrons. The van der Waals surface area contributed by atoms with Crippen molar-refractivity contribution >= 4 is 34.4 Å². The maximum atomic E-state index is 12.9. The number of anilines is 1. The van der Waals surface area contributed by atoms with Crippen LogP contribution in [0, 0.1) is 0 Å². The molecule has 2 aromatic heterocycles. The highest BCUT2D eigenvalue weighted by molar-refractivity contribution is 8.00. The van der Waals surface area contributed by atoms with Gasteiger partial charge in [-0.25, -0.2) is 9.97 Å². The number of H-pyrrole nitrogens is 1. The van der Waals surface area contributed by atoms with E-state index >= 15 is 0 Å². The number of morpholine rings is 1. The molecular weight excluding hydrogens is 486 g/mol. The molecule has 5 heterocycles. The number of fused-ring (bicyclic) bond motifs is 2. The van der Waals surface area contributed by atoms with Gasteiger partial charge in [-0.3, -0.25) is 9.69 Å². The summed E-state index contributed by atoms with van der Waals surface area (Å²) in [6, 6.07) is 5.91. The van der Waals surface area contributed by atoms with Gasteiger partial charge in [0, 0.05) is 99.8 Å². The molecule has 1 amide bonds. The fourth-order valence-corrected chi connectivity index (χ4v) is 6.84. The van der Waals surface area contributed by atoms with Crippen molar-refractivity contribution in [2.24, 2.45) is 0 Å². The first-order valence-corrected chi connectivity index (χ1v) is 14.0. The SMILES string of the molecule is CN1CCN(CC2Cc3nc(-c4cc(C(=O)N(C)C)cc5[nH]ccc45)nc(N4CCOCC4)c3S2)CC1. The summed E-state index contributed by atoms with van der Waals surface area (Å²) in [5, 5.41) is 1.50. The molecule has 9 nitrogen and oxygen atoms in total. The topological polar surface area (TPSA) is 80.8 Å². The molecule has 0 saturated carbocycles. The molecule has 1 atom stereocenters. The van der Waals surface area contributed by atoms with E-state index in [0.29, 0.717) is 29.9 Å². The number of rotatable bonds is 5. The van der Waals surface area contributed by atoms with Crippen molar-refractivity contribution in [1.29, 1.82) is 0 Å². The summed E-state index contributed by atoms with van der Waals surface area (Å²) in [6.07, 6.45) is 2.85. The lowest BCUT2D eigenvalue weighted by molar-refractivity contribution is 0.0828. The lowest BCUT2D eigenvalue weighted by Gasteiger charge is -2.33. The van der Waals surface area contributed by atoms with Crippen LogP contribution in [0.1, 0.15) is 16.1 Å². The van der Waals surface area contributed by atoms with Gasteiger partial charge in [0.1, 0.15) is 5.82 Å². The number of nitrogens with zero attached hydrogens (tertiary/aromatic N) is 6. The lowest BCUT2D eigenvalue weighted by Crippen LogP contribution is -2.46. The first-order valence-electron chi connectivity index (χ1n) is 13.1. The van der Waals surface area contributed by atoms with Crippen LogP contribution < -0.4 is 4.90 Å². The Morgan fingerprint density at radius 2 is 1.92 bits per heavy atom. The van der Waals surface area contributed by atoms with Gasteiger partial charge in [-0.15, -0.1) is 11.8 Å². The van der Waals surface area contributed by atoms with Crippen LogP contribution >= 0.6 is 11.8 Å². The smallest absolute Gasteiger partial charge is 0.253 e. The van der Waals surface area contributed by atoms with Crippen LogP contribution in [0.5, 0.6) is 0 Å². The summed E-state index contributed by atoms with van der Waals surface area (Å²) in [6.45, 7) is 8.63. The molecule has 3 aliphatic rings. The van der Waals surface area contributed by atoms with Crippen LogP contribution in [0.4, 0.5) is 5.82 Å². The summed E-state index contributed by atoms with van der Waals surface area (Å²) in [5.74, 6) is 1.68. The number of ether oxygens (including phenoxy) is 1. The third-order valence-electron chi connectivity index (χ3n) is 7.55. The minimum absolute atomic E-state index is 0.0323. The second kappa shape index (κ2) is 10.2. The van der Waals surface area contributed by atoms with Gasteiger partial charge in [-0.2, -0.15) is 0 Å². The molecule has 0 aliphatic carbocycles. The minimum Gasteiger partial charge on any atom is -0.378 e. The van der Waals surface area contributed by atoms with Gasteiger partial charge in [-0.1, -0.05) is 0 Å². The maximum Gasteiger partial charge on any atom is 0.253 e. The van der Waals surface area contributed by atoms with Gasteiger partial charge in [-0.05, 0) is 25.2 Å². The number of carbonyl (C=O) groups is 1. The normalized spacial score (nSPS) is 20.9. The quantitative estimate of drug-likeness (QED) is 0.549. The van der Waals surface area contributed by atoms with E-state index in [0.717, 1.165) is 80.2 Å². The number of hydrogen-bond acceptors (Lipinski definition) is 8. The molecule has 6 rings (SSSR count). The summed E-state index contributed by atoms with van der Waals surface area (Å²) >= 11 is 1.94. The number of likely N-dealkylation sites (N-methyl/N-ethyl adjacent to an activating group) is 1. The standard InChI is InChI=1S/C27H35N7O2S/c1-31(2)27(35)18-14-21(20-4-5-28-22(20)15-18)25-29-23-16-19(17-33-8-6-32(3)7-9-33)37-24(23)26(30-25)34-10-12-36-13-11-34/h4-5,14-15,19,28H,6-13,16-17H2,1-3H3. The molecule has 37 heavy (non-hydrogen) atoms. The molecule has 1 aromatic carbocycles. The zero-order valence-corrected chi connectivity index (χ0v) is 22.7. The molecule has 3 aromatic rings. The van der Waals surface area contributed by atoms with Crippen molar-refractivity contribution in [3.05, 3.63) is 35.7 Å².